The minimum absolute atomic E-state index is 0.309. The summed E-state index contributed by atoms with van der Waals surface area (Å²) in [5.74, 6) is -0.498. The van der Waals surface area contributed by atoms with Gasteiger partial charge >= 0.3 is 6.18 Å². The van der Waals surface area contributed by atoms with E-state index >= 15 is 0 Å². The largest absolute Gasteiger partial charge is 0.448 e. The maximum atomic E-state index is 12.1. The van der Waals surface area contributed by atoms with Crippen molar-refractivity contribution in [1.82, 2.24) is 5.32 Å². The van der Waals surface area contributed by atoms with Crippen molar-refractivity contribution in [2.24, 2.45) is 10.9 Å². The van der Waals surface area contributed by atoms with Gasteiger partial charge in [-0.3, -0.25) is 4.99 Å². The van der Waals surface area contributed by atoms with Crippen LogP contribution >= 0.6 is 0 Å². The molecule has 0 radical (unpaired) electrons. The van der Waals surface area contributed by atoms with Gasteiger partial charge in [0.05, 0.1) is 0 Å². The summed E-state index contributed by atoms with van der Waals surface area (Å²) in [7, 11) is 0. The maximum absolute atomic E-state index is 12.1. The lowest BCUT2D eigenvalue weighted by Crippen LogP contribution is -2.47. The van der Waals surface area contributed by atoms with Crippen molar-refractivity contribution in [2.45, 2.75) is 25.1 Å². The first-order chi connectivity index (χ1) is 5.42. The van der Waals surface area contributed by atoms with Gasteiger partial charge in [0.1, 0.15) is 0 Å². The number of amidine groups is 1. The Morgan fingerprint density at radius 1 is 1.58 bits per heavy atom. The smallest absolute Gasteiger partial charge is 0.361 e. The van der Waals surface area contributed by atoms with Crippen LogP contribution < -0.4 is 5.32 Å². The summed E-state index contributed by atoms with van der Waals surface area (Å²) in [5.41, 5.74) is -0.327. The van der Waals surface area contributed by atoms with E-state index in [1.54, 1.807) is 6.92 Å². The van der Waals surface area contributed by atoms with Gasteiger partial charge in [-0.1, -0.05) is 0 Å². The van der Waals surface area contributed by atoms with Crippen LogP contribution in [0.1, 0.15) is 13.3 Å². The molecule has 0 aromatic heterocycles. The Balaban J connectivity index is 2.15. The molecule has 1 N–H and O–H groups in total. The number of aliphatic imine (C=N–C) groups is 1. The molecule has 0 saturated heterocycles. The van der Waals surface area contributed by atoms with E-state index in [4.69, 9.17) is 0 Å². The standard InChI is InChI=1S/C7H9F3N2/c1-6-2-4(6)3-11-5(12-6)7(8,9)10/h4H,2-3H2,1H3,(H,11,12). The molecule has 1 heterocycles. The molecule has 68 valence electrons. The molecular formula is C7H9F3N2. The molecule has 0 aromatic rings. The van der Waals surface area contributed by atoms with Gasteiger partial charge in [0.15, 0.2) is 0 Å². The highest BCUT2D eigenvalue weighted by Gasteiger charge is 2.55. The number of nitrogens with one attached hydrogen (secondary N) is 1. The summed E-state index contributed by atoms with van der Waals surface area (Å²) in [6.07, 6.45) is -3.51. The quantitative estimate of drug-likeness (QED) is 0.594. The molecule has 2 rings (SSSR count). The van der Waals surface area contributed by atoms with Crippen LogP contribution in [0.5, 0.6) is 0 Å². The third kappa shape index (κ3) is 1.07. The molecule has 2 unspecified atom stereocenters. The van der Waals surface area contributed by atoms with Gasteiger partial charge in [-0.2, -0.15) is 13.2 Å². The van der Waals surface area contributed by atoms with E-state index in [-0.39, 0.29) is 5.54 Å². The topological polar surface area (TPSA) is 24.4 Å². The zero-order valence-corrected chi connectivity index (χ0v) is 6.57. The first-order valence-electron chi connectivity index (χ1n) is 3.82. The molecular weight excluding hydrogens is 169 g/mol. The van der Waals surface area contributed by atoms with Crippen LogP contribution in [0.15, 0.2) is 4.99 Å². The van der Waals surface area contributed by atoms with E-state index in [1.165, 1.54) is 0 Å². The molecule has 1 aliphatic carbocycles. The van der Waals surface area contributed by atoms with Crippen LogP contribution in [0.2, 0.25) is 0 Å². The second-order valence-electron chi connectivity index (χ2n) is 3.63. The van der Waals surface area contributed by atoms with E-state index in [9.17, 15) is 13.2 Å². The van der Waals surface area contributed by atoms with Gasteiger partial charge in [-0.05, 0) is 13.3 Å². The molecule has 0 spiro atoms. The fourth-order valence-corrected chi connectivity index (χ4v) is 1.54. The van der Waals surface area contributed by atoms with Gasteiger partial charge in [0, 0.05) is 18.0 Å². The highest BCUT2D eigenvalue weighted by atomic mass is 19.4. The first kappa shape index (κ1) is 7.89. The molecule has 0 bridgehead atoms. The SMILES string of the molecule is CC12CC1CN=C(C(F)(F)F)N2. The lowest BCUT2D eigenvalue weighted by atomic mass is 10.2. The summed E-state index contributed by atoms with van der Waals surface area (Å²) >= 11 is 0. The normalized spacial score (nSPS) is 39.7. The molecule has 2 nitrogen and oxygen atoms in total. The number of fused-ring (bicyclic) bond motifs is 1. The Morgan fingerprint density at radius 3 is 2.75 bits per heavy atom. The zero-order valence-electron chi connectivity index (χ0n) is 6.57. The molecule has 2 aliphatic rings. The highest BCUT2D eigenvalue weighted by molar-refractivity contribution is 5.89. The van der Waals surface area contributed by atoms with Crippen LogP contribution in [0, 0.1) is 5.92 Å². The van der Waals surface area contributed by atoms with E-state index in [2.05, 4.69) is 10.3 Å². The lowest BCUT2D eigenvalue weighted by Gasteiger charge is -2.22. The zero-order chi connectivity index (χ0) is 8.98. The molecule has 0 aromatic carbocycles. The Kier molecular flexibility index (Phi) is 1.28. The highest BCUT2D eigenvalue weighted by Crippen LogP contribution is 2.45. The van der Waals surface area contributed by atoms with Gasteiger partial charge in [0.25, 0.3) is 0 Å². The maximum Gasteiger partial charge on any atom is 0.448 e. The number of hydrogen-bond acceptors (Lipinski definition) is 2. The van der Waals surface area contributed by atoms with Crippen molar-refractivity contribution in [3.05, 3.63) is 0 Å². The number of nitrogens with zero attached hydrogens (tertiary/aromatic N) is 1. The number of halogens is 3. The third-order valence-corrected chi connectivity index (χ3v) is 2.55. The minimum atomic E-state index is -4.31. The summed E-state index contributed by atoms with van der Waals surface area (Å²) in [4.78, 5) is 3.45. The van der Waals surface area contributed by atoms with Crippen LogP contribution in [0.25, 0.3) is 0 Å². The molecule has 1 aliphatic heterocycles. The van der Waals surface area contributed by atoms with Crippen LogP contribution in [-0.4, -0.2) is 24.1 Å². The summed E-state index contributed by atoms with van der Waals surface area (Å²) in [6, 6.07) is 0. The second-order valence-corrected chi connectivity index (χ2v) is 3.63. The van der Waals surface area contributed by atoms with Crippen molar-refractivity contribution < 1.29 is 13.2 Å². The molecule has 1 saturated carbocycles. The predicted octanol–water partition coefficient (Wildman–Crippen LogP) is 1.33. The lowest BCUT2D eigenvalue weighted by molar-refractivity contribution is -0.0633. The average molecular weight is 178 g/mol. The molecule has 0 amide bonds. The Hall–Kier alpha value is -0.740. The monoisotopic (exact) mass is 178 g/mol. The second kappa shape index (κ2) is 1.95. The van der Waals surface area contributed by atoms with Gasteiger partial charge < -0.3 is 5.32 Å². The van der Waals surface area contributed by atoms with Crippen molar-refractivity contribution in [2.75, 3.05) is 6.54 Å². The molecule has 2 atom stereocenters. The fraction of sp³-hybridized carbons (Fsp3) is 0.857. The number of rotatable bonds is 0. The Bertz CT molecular complexity index is 246. The molecule has 12 heavy (non-hydrogen) atoms. The summed E-state index contributed by atoms with van der Waals surface area (Å²) in [5, 5.41) is 2.43. The molecule has 1 fully saturated rings. The fourth-order valence-electron chi connectivity index (χ4n) is 1.54. The van der Waals surface area contributed by atoms with Gasteiger partial charge in [-0.25, -0.2) is 0 Å². The third-order valence-electron chi connectivity index (χ3n) is 2.55. The summed E-state index contributed by atoms with van der Waals surface area (Å²) < 4.78 is 36.3. The van der Waals surface area contributed by atoms with Crippen molar-refractivity contribution in [3.8, 4) is 0 Å². The van der Waals surface area contributed by atoms with Crippen LogP contribution in [0.3, 0.4) is 0 Å². The van der Waals surface area contributed by atoms with Gasteiger partial charge in [0.2, 0.25) is 5.84 Å². The molecule has 5 heteroatoms. The van der Waals surface area contributed by atoms with E-state index in [0.29, 0.717) is 12.5 Å². The van der Waals surface area contributed by atoms with Crippen molar-refractivity contribution in [3.63, 3.8) is 0 Å². The van der Waals surface area contributed by atoms with Crippen LogP contribution in [-0.2, 0) is 0 Å². The van der Waals surface area contributed by atoms with E-state index < -0.39 is 12.0 Å². The number of hydrogen-bond donors (Lipinski definition) is 1. The summed E-state index contributed by atoms with van der Waals surface area (Å²) in [6.45, 7) is 2.12. The van der Waals surface area contributed by atoms with Crippen LogP contribution in [0.4, 0.5) is 13.2 Å². The average Bonchev–Trinajstić information content (AvgIpc) is 2.56. The minimum Gasteiger partial charge on any atom is -0.361 e. The first-order valence-corrected chi connectivity index (χ1v) is 3.82. The van der Waals surface area contributed by atoms with E-state index in [1.807, 2.05) is 0 Å². The van der Waals surface area contributed by atoms with Crippen molar-refractivity contribution in [1.29, 1.82) is 0 Å². The Labute approximate surface area is 67.9 Å². The van der Waals surface area contributed by atoms with Crippen molar-refractivity contribution >= 4 is 5.84 Å². The van der Waals surface area contributed by atoms with Gasteiger partial charge in [-0.15, -0.1) is 0 Å². The van der Waals surface area contributed by atoms with E-state index in [0.717, 1.165) is 6.42 Å². The Morgan fingerprint density at radius 2 is 2.25 bits per heavy atom. The number of alkyl halides is 3. The predicted molar refractivity (Wildman–Crippen MR) is 38.0 cm³/mol.